The molecule has 2 aliphatic rings. The Hall–Kier alpha value is -2.27. The molecule has 1 N–H and O–H groups in total. The normalized spacial score (nSPS) is 26.0. The SMILES string of the molecule is CN1CC[C@]2(CC[C@H](c3cc(-c4ccccc4F)ccc3F)N2)C1=O. The molecule has 130 valence electrons. The molecular weight excluding hydrogens is 322 g/mol. The highest BCUT2D eigenvalue weighted by atomic mass is 19.1. The highest BCUT2D eigenvalue weighted by Gasteiger charge is 2.50. The Balaban J connectivity index is 1.67. The van der Waals surface area contributed by atoms with Crippen LogP contribution in [0.3, 0.4) is 0 Å². The number of halogens is 2. The van der Waals surface area contributed by atoms with Crippen molar-refractivity contribution in [2.24, 2.45) is 0 Å². The van der Waals surface area contributed by atoms with Crippen molar-refractivity contribution in [2.45, 2.75) is 30.8 Å². The van der Waals surface area contributed by atoms with Gasteiger partial charge in [0, 0.05) is 30.8 Å². The molecule has 3 nitrogen and oxygen atoms in total. The molecule has 4 rings (SSSR count). The largest absolute Gasteiger partial charge is 0.344 e. The van der Waals surface area contributed by atoms with Gasteiger partial charge in [-0.2, -0.15) is 0 Å². The quantitative estimate of drug-likeness (QED) is 0.903. The fourth-order valence-electron chi connectivity index (χ4n) is 4.07. The smallest absolute Gasteiger partial charge is 0.242 e. The van der Waals surface area contributed by atoms with Gasteiger partial charge in [-0.1, -0.05) is 24.3 Å². The van der Waals surface area contributed by atoms with Crippen LogP contribution in [0.4, 0.5) is 8.78 Å². The highest BCUT2D eigenvalue weighted by Crippen LogP contribution is 2.40. The third-order valence-corrected chi connectivity index (χ3v) is 5.50. The minimum atomic E-state index is -0.570. The molecule has 0 aromatic heterocycles. The summed E-state index contributed by atoms with van der Waals surface area (Å²) >= 11 is 0. The maximum atomic E-state index is 14.5. The number of likely N-dealkylation sites (tertiary alicyclic amines) is 1. The molecule has 0 aliphatic carbocycles. The number of carbonyl (C=O) groups is 1. The first-order valence-electron chi connectivity index (χ1n) is 8.58. The summed E-state index contributed by atoms with van der Waals surface area (Å²) in [7, 11) is 1.80. The molecule has 1 spiro atoms. The van der Waals surface area contributed by atoms with E-state index in [0.29, 0.717) is 29.5 Å². The summed E-state index contributed by atoms with van der Waals surface area (Å²) in [6, 6.07) is 10.9. The number of amides is 1. The Bertz CT molecular complexity index is 838. The molecule has 2 aromatic rings. The van der Waals surface area contributed by atoms with Crippen LogP contribution in [-0.4, -0.2) is 29.9 Å². The van der Waals surface area contributed by atoms with Crippen LogP contribution in [0.15, 0.2) is 42.5 Å². The lowest BCUT2D eigenvalue weighted by Gasteiger charge is -2.24. The van der Waals surface area contributed by atoms with E-state index in [2.05, 4.69) is 5.32 Å². The van der Waals surface area contributed by atoms with Gasteiger partial charge in [0.05, 0.1) is 0 Å². The molecule has 25 heavy (non-hydrogen) atoms. The Kier molecular flexibility index (Phi) is 3.84. The number of hydrogen-bond donors (Lipinski definition) is 1. The van der Waals surface area contributed by atoms with Gasteiger partial charge < -0.3 is 4.90 Å². The molecule has 0 radical (unpaired) electrons. The topological polar surface area (TPSA) is 32.3 Å². The Labute approximate surface area is 145 Å². The van der Waals surface area contributed by atoms with E-state index in [1.165, 1.54) is 12.1 Å². The standard InChI is InChI=1S/C20H20F2N2O/c1-24-11-10-20(19(24)25)9-8-18(23-20)15-12-13(6-7-17(15)22)14-4-2-3-5-16(14)21/h2-7,12,18,23H,8-11H2,1H3/t18-,20-/m1/s1. The molecule has 5 heteroatoms. The summed E-state index contributed by atoms with van der Waals surface area (Å²) in [4.78, 5) is 14.2. The Morgan fingerprint density at radius 1 is 1.12 bits per heavy atom. The van der Waals surface area contributed by atoms with Crippen LogP contribution in [0.5, 0.6) is 0 Å². The predicted octanol–water partition coefficient (Wildman–Crippen LogP) is 3.66. The minimum absolute atomic E-state index is 0.0840. The average molecular weight is 342 g/mol. The molecule has 2 aliphatic heterocycles. The van der Waals surface area contributed by atoms with E-state index in [1.807, 2.05) is 0 Å². The second kappa shape index (κ2) is 5.92. The van der Waals surface area contributed by atoms with Crippen LogP contribution in [0.25, 0.3) is 11.1 Å². The van der Waals surface area contributed by atoms with Crippen molar-refractivity contribution in [1.82, 2.24) is 10.2 Å². The van der Waals surface area contributed by atoms with Gasteiger partial charge in [0.1, 0.15) is 17.2 Å². The number of nitrogens with zero attached hydrogens (tertiary/aromatic N) is 1. The van der Waals surface area contributed by atoms with Gasteiger partial charge in [0.25, 0.3) is 0 Å². The number of hydrogen-bond acceptors (Lipinski definition) is 2. The maximum Gasteiger partial charge on any atom is 0.242 e. The molecule has 2 fully saturated rings. The third kappa shape index (κ3) is 2.63. The highest BCUT2D eigenvalue weighted by molar-refractivity contribution is 5.88. The van der Waals surface area contributed by atoms with Gasteiger partial charge in [-0.05, 0) is 43.0 Å². The first kappa shape index (κ1) is 16.2. The van der Waals surface area contributed by atoms with E-state index in [-0.39, 0.29) is 23.6 Å². The summed E-state index contributed by atoms with van der Waals surface area (Å²) in [5, 5.41) is 3.37. The van der Waals surface area contributed by atoms with Crippen LogP contribution in [0.2, 0.25) is 0 Å². The molecule has 2 heterocycles. The van der Waals surface area contributed by atoms with Crippen molar-refractivity contribution in [3.8, 4) is 11.1 Å². The zero-order chi connectivity index (χ0) is 17.6. The zero-order valence-corrected chi connectivity index (χ0v) is 14.1. The Morgan fingerprint density at radius 3 is 2.64 bits per heavy atom. The van der Waals surface area contributed by atoms with E-state index in [1.54, 1.807) is 42.3 Å². The van der Waals surface area contributed by atoms with Gasteiger partial charge in [-0.15, -0.1) is 0 Å². The number of rotatable bonds is 2. The molecule has 0 unspecified atom stereocenters. The third-order valence-electron chi connectivity index (χ3n) is 5.50. The lowest BCUT2D eigenvalue weighted by Crippen LogP contribution is -2.47. The van der Waals surface area contributed by atoms with E-state index in [4.69, 9.17) is 0 Å². The average Bonchev–Trinajstić information content (AvgIpc) is 3.16. The van der Waals surface area contributed by atoms with Crippen LogP contribution >= 0.6 is 0 Å². The summed E-state index contributed by atoms with van der Waals surface area (Å²) in [5.74, 6) is -0.572. The monoisotopic (exact) mass is 342 g/mol. The zero-order valence-electron chi connectivity index (χ0n) is 14.1. The molecular formula is C20H20F2N2O. The van der Waals surface area contributed by atoms with Gasteiger partial charge in [0.2, 0.25) is 5.91 Å². The lowest BCUT2D eigenvalue weighted by molar-refractivity contribution is -0.131. The molecule has 2 saturated heterocycles. The van der Waals surface area contributed by atoms with Crippen molar-refractivity contribution in [3.05, 3.63) is 59.7 Å². The molecule has 0 bridgehead atoms. The van der Waals surface area contributed by atoms with Gasteiger partial charge >= 0.3 is 0 Å². The summed E-state index contributed by atoms with van der Waals surface area (Å²) < 4.78 is 28.5. The number of carbonyl (C=O) groups excluding carboxylic acids is 1. The summed E-state index contributed by atoms with van der Waals surface area (Å²) in [6.45, 7) is 0.719. The van der Waals surface area contributed by atoms with Gasteiger partial charge in [-0.3, -0.25) is 10.1 Å². The van der Waals surface area contributed by atoms with E-state index in [9.17, 15) is 13.6 Å². The fraction of sp³-hybridized carbons (Fsp3) is 0.350. The first-order valence-corrected chi connectivity index (χ1v) is 8.58. The molecule has 1 amide bonds. The summed E-state index contributed by atoms with van der Waals surface area (Å²) in [5.41, 5.74) is 1.03. The van der Waals surface area contributed by atoms with E-state index < -0.39 is 5.54 Å². The number of likely N-dealkylation sites (N-methyl/N-ethyl adjacent to an activating group) is 1. The van der Waals surface area contributed by atoms with Gasteiger partial charge in [-0.25, -0.2) is 8.78 Å². The second-order valence-corrected chi connectivity index (χ2v) is 7.01. The van der Waals surface area contributed by atoms with Gasteiger partial charge in [0.15, 0.2) is 0 Å². The summed E-state index contributed by atoms with van der Waals surface area (Å²) in [6.07, 6.45) is 2.13. The molecule has 0 saturated carbocycles. The molecule has 2 aromatic carbocycles. The van der Waals surface area contributed by atoms with Crippen LogP contribution in [-0.2, 0) is 4.79 Å². The Morgan fingerprint density at radius 2 is 1.92 bits per heavy atom. The van der Waals surface area contributed by atoms with Crippen LogP contribution < -0.4 is 5.32 Å². The first-order chi connectivity index (χ1) is 12.0. The van der Waals surface area contributed by atoms with Crippen LogP contribution in [0, 0.1) is 11.6 Å². The van der Waals surface area contributed by atoms with Crippen molar-refractivity contribution < 1.29 is 13.6 Å². The van der Waals surface area contributed by atoms with Crippen molar-refractivity contribution in [3.63, 3.8) is 0 Å². The minimum Gasteiger partial charge on any atom is -0.344 e. The number of nitrogens with one attached hydrogen (secondary N) is 1. The van der Waals surface area contributed by atoms with Crippen molar-refractivity contribution in [2.75, 3.05) is 13.6 Å². The number of benzene rings is 2. The van der Waals surface area contributed by atoms with E-state index >= 15 is 0 Å². The van der Waals surface area contributed by atoms with Crippen LogP contribution in [0.1, 0.15) is 30.9 Å². The van der Waals surface area contributed by atoms with Crippen molar-refractivity contribution in [1.29, 1.82) is 0 Å². The predicted molar refractivity (Wildman–Crippen MR) is 91.9 cm³/mol. The van der Waals surface area contributed by atoms with Crippen molar-refractivity contribution >= 4 is 5.91 Å². The van der Waals surface area contributed by atoms with E-state index in [0.717, 1.165) is 13.0 Å². The fourth-order valence-corrected chi connectivity index (χ4v) is 4.07. The lowest BCUT2D eigenvalue weighted by atomic mass is 9.95. The molecule has 2 atom stereocenters. The second-order valence-electron chi connectivity index (χ2n) is 7.01. The maximum absolute atomic E-state index is 14.5.